The molecular formula is C16H11ClN2O2. The van der Waals surface area contributed by atoms with Crippen LogP contribution in [0, 0.1) is 22.7 Å². The van der Waals surface area contributed by atoms with Crippen molar-refractivity contribution in [1.29, 1.82) is 10.5 Å². The lowest BCUT2D eigenvalue weighted by Crippen LogP contribution is -1.99. The molecule has 0 unspecified atom stereocenters. The van der Waals surface area contributed by atoms with Gasteiger partial charge in [0.25, 0.3) is 0 Å². The van der Waals surface area contributed by atoms with E-state index in [9.17, 15) is 0 Å². The number of rotatable bonds is 4. The van der Waals surface area contributed by atoms with Crippen LogP contribution < -0.4 is 9.47 Å². The molecule has 0 aliphatic rings. The highest BCUT2D eigenvalue weighted by Crippen LogP contribution is 2.25. The Morgan fingerprint density at radius 3 is 2.33 bits per heavy atom. The molecule has 2 aromatic rings. The van der Waals surface area contributed by atoms with Crippen LogP contribution in [0.3, 0.4) is 0 Å². The van der Waals surface area contributed by atoms with E-state index in [2.05, 4.69) is 0 Å². The van der Waals surface area contributed by atoms with Crippen molar-refractivity contribution in [2.24, 2.45) is 0 Å². The molecule has 0 bridgehead atoms. The quantitative estimate of drug-likeness (QED) is 0.863. The Balaban J connectivity index is 2.19. The first-order valence-electron chi connectivity index (χ1n) is 6.07. The molecule has 0 spiro atoms. The topological polar surface area (TPSA) is 66.0 Å². The van der Waals surface area contributed by atoms with Crippen molar-refractivity contribution >= 4 is 11.6 Å². The summed E-state index contributed by atoms with van der Waals surface area (Å²) in [6.07, 6.45) is 0. The van der Waals surface area contributed by atoms with Gasteiger partial charge in [-0.3, -0.25) is 0 Å². The minimum absolute atomic E-state index is 0.247. The fourth-order valence-electron chi connectivity index (χ4n) is 1.79. The zero-order valence-electron chi connectivity index (χ0n) is 11.3. The molecule has 5 heteroatoms. The van der Waals surface area contributed by atoms with E-state index in [0.717, 1.165) is 5.56 Å². The van der Waals surface area contributed by atoms with Crippen molar-refractivity contribution in [1.82, 2.24) is 0 Å². The summed E-state index contributed by atoms with van der Waals surface area (Å²) in [6, 6.07) is 14.1. The van der Waals surface area contributed by atoms with Gasteiger partial charge in [0.2, 0.25) is 0 Å². The molecule has 0 aliphatic heterocycles. The Morgan fingerprint density at radius 1 is 1.00 bits per heavy atom. The lowest BCUT2D eigenvalue weighted by atomic mass is 10.1. The third-order valence-electron chi connectivity index (χ3n) is 2.84. The Hall–Kier alpha value is -2.69. The number of methoxy groups -OCH3 is 1. The van der Waals surface area contributed by atoms with E-state index in [4.69, 9.17) is 31.6 Å². The molecule has 0 amide bonds. The third kappa shape index (κ3) is 3.45. The summed E-state index contributed by atoms with van der Waals surface area (Å²) in [5, 5.41) is 18.5. The molecular weight excluding hydrogens is 288 g/mol. The van der Waals surface area contributed by atoms with Gasteiger partial charge in [-0.15, -0.1) is 0 Å². The number of hydrogen-bond acceptors (Lipinski definition) is 4. The zero-order chi connectivity index (χ0) is 15.2. The molecule has 2 rings (SSSR count). The molecule has 104 valence electrons. The second-order valence-electron chi connectivity index (χ2n) is 4.19. The van der Waals surface area contributed by atoms with Crippen LogP contribution in [-0.2, 0) is 6.61 Å². The number of benzene rings is 2. The zero-order valence-corrected chi connectivity index (χ0v) is 12.0. The summed E-state index contributed by atoms with van der Waals surface area (Å²) >= 11 is 5.90. The fourth-order valence-corrected chi connectivity index (χ4v) is 1.95. The van der Waals surface area contributed by atoms with Gasteiger partial charge < -0.3 is 9.47 Å². The van der Waals surface area contributed by atoms with Gasteiger partial charge in [-0.1, -0.05) is 17.7 Å². The predicted molar refractivity (Wildman–Crippen MR) is 78.2 cm³/mol. The number of nitrogens with zero attached hydrogens (tertiary/aromatic N) is 2. The monoisotopic (exact) mass is 298 g/mol. The molecule has 0 atom stereocenters. The minimum Gasteiger partial charge on any atom is -0.495 e. The third-order valence-corrected chi connectivity index (χ3v) is 3.08. The highest BCUT2D eigenvalue weighted by molar-refractivity contribution is 6.30. The van der Waals surface area contributed by atoms with Gasteiger partial charge in [0.15, 0.2) is 0 Å². The van der Waals surface area contributed by atoms with Gasteiger partial charge in [0.05, 0.1) is 18.2 Å². The summed E-state index contributed by atoms with van der Waals surface area (Å²) in [7, 11) is 1.51. The van der Waals surface area contributed by atoms with Gasteiger partial charge in [0, 0.05) is 11.1 Å². The van der Waals surface area contributed by atoms with Gasteiger partial charge in [0.1, 0.15) is 30.2 Å². The van der Waals surface area contributed by atoms with E-state index in [-0.39, 0.29) is 6.61 Å². The van der Waals surface area contributed by atoms with Crippen LogP contribution in [0.25, 0.3) is 0 Å². The summed E-state index contributed by atoms with van der Waals surface area (Å²) < 4.78 is 10.8. The van der Waals surface area contributed by atoms with Crippen molar-refractivity contribution in [2.75, 3.05) is 7.11 Å². The highest BCUT2D eigenvalue weighted by atomic mass is 35.5. The van der Waals surface area contributed by atoms with E-state index in [1.165, 1.54) is 7.11 Å². The predicted octanol–water partition coefficient (Wildman–Crippen LogP) is 3.67. The first-order chi connectivity index (χ1) is 10.2. The molecule has 0 N–H and O–H groups in total. The van der Waals surface area contributed by atoms with E-state index < -0.39 is 0 Å². The normalized spacial score (nSPS) is 9.52. The molecule has 4 nitrogen and oxygen atoms in total. The molecule has 0 aromatic heterocycles. The van der Waals surface area contributed by atoms with Crippen molar-refractivity contribution in [2.45, 2.75) is 6.61 Å². The average molecular weight is 299 g/mol. The Labute approximate surface area is 127 Å². The van der Waals surface area contributed by atoms with Gasteiger partial charge in [-0.05, 0) is 29.8 Å². The van der Waals surface area contributed by atoms with Crippen molar-refractivity contribution in [3.8, 4) is 23.6 Å². The first-order valence-corrected chi connectivity index (χ1v) is 6.45. The Morgan fingerprint density at radius 2 is 1.67 bits per heavy atom. The number of nitriles is 2. The standard InChI is InChI=1S/C16H11ClN2O2/c1-20-15-6-11(2-3-12(15)8-18)10-21-16-7-14(17)5-4-13(16)9-19/h2-7H,10H2,1H3. The van der Waals surface area contributed by atoms with E-state index >= 15 is 0 Å². The van der Waals surface area contributed by atoms with Crippen LogP contribution in [0.4, 0.5) is 0 Å². The summed E-state index contributed by atoms with van der Waals surface area (Å²) in [5.74, 6) is 0.915. The summed E-state index contributed by atoms with van der Waals surface area (Å²) in [6.45, 7) is 0.247. The second-order valence-corrected chi connectivity index (χ2v) is 4.62. The van der Waals surface area contributed by atoms with Crippen LogP contribution in [0.2, 0.25) is 5.02 Å². The molecule has 21 heavy (non-hydrogen) atoms. The highest BCUT2D eigenvalue weighted by Gasteiger charge is 2.07. The van der Waals surface area contributed by atoms with Gasteiger partial charge in [-0.2, -0.15) is 10.5 Å². The van der Waals surface area contributed by atoms with Crippen LogP contribution in [-0.4, -0.2) is 7.11 Å². The SMILES string of the molecule is COc1cc(COc2cc(Cl)ccc2C#N)ccc1C#N. The minimum atomic E-state index is 0.247. The van der Waals surface area contributed by atoms with Crippen LogP contribution in [0.15, 0.2) is 36.4 Å². The van der Waals surface area contributed by atoms with E-state index in [1.807, 2.05) is 12.1 Å². The Bertz CT molecular complexity index is 745. The van der Waals surface area contributed by atoms with Gasteiger partial charge >= 0.3 is 0 Å². The fraction of sp³-hybridized carbons (Fsp3) is 0.125. The van der Waals surface area contributed by atoms with E-state index in [1.54, 1.807) is 36.4 Å². The molecule has 2 aromatic carbocycles. The summed E-state index contributed by atoms with van der Waals surface area (Å²) in [4.78, 5) is 0. The lowest BCUT2D eigenvalue weighted by molar-refractivity contribution is 0.304. The van der Waals surface area contributed by atoms with Crippen molar-refractivity contribution < 1.29 is 9.47 Å². The maximum atomic E-state index is 9.03. The Kier molecular flexibility index (Phi) is 4.66. The first kappa shape index (κ1) is 14.7. The molecule has 0 saturated carbocycles. The molecule has 0 saturated heterocycles. The number of hydrogen-bond donors (Lipinski definition) is 0. The maximum absolute atomic E-state index is 9.03. The number of halogens is 1. The lowest BCUT2D eigenvalue weighted by Gasteiger charge is -2.10. The van der Waals surface area contributed by atoms with Crippen LogP contribution in [0.5, 0.6) is 11.5 Å². The molecule has 0 heterocycles. The summed E-state index contributed by atoms with van der Waals surface area (Å²) in [5.41, 5.74) is 1.71. The van der Waals surface area contributed by atoms with Crippen LogP contribution >= 0.6 is 11.6 Å². The van der Waals surface area contributed by atoms with Gasteiger partial charge in [-0.25, -0.2) is 0 Å². The van der Waals surface area contributed by atoms with Crippen molar-refractivity contribution in [3.05, 3.63) is 58.1 Å². The number of ether oxygens (including phenoxy) is 2. The molecule has 0 radical (unpaired) electrons. The largest absolute Gasteiger partial charge is 0.495 e. The van der Waals surface area contributed by atoms with E-state index in [0.29, 0.717) is 27.6 Å². The smallest absolute Gasteiger partial charge is 0.139 e. The maximum Gasteiger partial charge on any atom is 0.139 e. The average Bonchev–Trinajstić information content (AvgIpc) is 2.52. The molecule has 0 aliphatic carbocycles. The van der Waals surface area contributed by atoms with Crippen molar-refractivity contribution in [3.63, 3.8) is 0 Å². The second kappa shape index (κ2) is 6.65. The molecule has 0 fully saturated rings. The van der Waals surface area contributed by atoms with Crippen LogP contribution in [0.1, 0.15) is 16.7 Å².